The summed E-state index contributed by atoms with van der Waals surface area (Å²) < 4.78 is 78.5. The number of hydrogen-bond donors (Lipinski definition) is 3. The van der Waals surface area contributed by atoms with Gasteiger partial charge in [-0.05, 0) is 67.8 Å². The molecule has 0 spiro atoms. The van der Waals surface area contributed by atoms with Gasteiger partial charge in [-0.3, -0.25) is 13.9 Å². The Labute approximate surface area is 229 Å². The summed E-state index contributed by atoms with van der Waals surface area (Å²) in [4.78, 5) is 19.6. The van der Waals surface area contributed by atoms with Crippen LogP contribution in [0, 0.1) is 6.92 Å². The maximum Gasteiger partial charge on any atom is 0.573 e. The molecule has 2 aromatic carbocycles. The minimum atomic E-state index is -4.75. The molecule has 0 unspecified atom stereocenters. The van der Waals surface area contributed by atoms with Gasteiger partial charge in [0.25, 0.3) is 5.91 Å². The molecule has 4 rings (SSSR count). The van der Waals surface area contributed by atoms with E-state index < -0.39 is 16.8 Å². The lowest BCUT2D eigenvalue weighted by atomic mass is 9.96. The van der Waals surface area contributed by atoms with Crippen LogP contribution in [-0.4, -0.2) is 60.1 Å². The van der Waals surface area contributed by atoms with Crippen LogP contribution in [0.1, 0.15) is 29.8 Å². The third-order valence-corrected chi connectivity index (χ3v) is 5.73. The molecule has 0 saturated carbocycles. The summed E-state index contributed by atoms with van der Waals surface area (Å²) in [6, 6.07) is 14.5. The minimum Gasteiger partial charge on any atom is -0.406 e. The highest BCUT2D eigenvalue weighted by molar-refractivity contribution is 7.79. The topological polar surface area (TPSA) is 138 Å². The van der Waals surface area contributed by atoms with E-state index in [1.807, 2.05) is 32.0 Å². The molecule has 10 nitrogen and oxygen atoms in total. The molecule has 3 N–H and O–H groups in total. The number of amides is 1. The van der Waals surface area contributed by atoms with E-state index in [0.29, 0.717) is 22.4 Å². The molecule has 1 saturated heterocycles. The van der Waals surface area contributed by atoms with E-state index in [9.17, 15) is 18.0 Å². The zero-order chi connectivity index (χ0) is 29.7. The summed E-state index contributed by atoms with van der Waals surface area (Å²) in [7, 11) is -4.67. The number of nitrogens with zero attached hydrogens (tertiary/aromatic N) is 2. The highest BCUT2D eigenvalue weighted by Gasteiger charge is 2.31. The second-order valence-electron chi connectivity index (χ2n) is 9.02. The van der Waals surface area contributed by atoms with Crippen molar-refractivity contribution in [3.8, 4) is 16.9 Å². The largest absolute Gasteiger partial charge is 0.573 e. The number of benzene rings is 2. The van der Waals surface area contributed by atoms with Gasteiger partial charge in [0, 0.05) is 18.7 Å². The first-order valence-corrected chi connectivity index (χ1v) is 13.3. The van der Waals surface area contributed by atoms with Gasteiger partial charge in [0.1, 0.15) is 11.6 Å². The molecule has 40 heavy (non-hydrogen) atoms. The van der Waals surface area contributed by atoms with E-state index in [1.165, 1.54) is 24.3 Å². The molecular weight excluding hydrogens is 555 g/mol. The predicted molar refractivity (Wildman–Crippen MR) is 142 cm³/mol. The van der Waals surface area contributed by atoms with Gasteiger partial charge in [-0.1, -0.05) is 24.3 Å². The smallest absolute Gasteiger partial charge is 0.406 e. The van der Waals surface area contributed by atoms with Gasteiger partial charge < -0.3 is 19.7 Å². The Hall–Kier alpha value is -3.72. The zero-order valence-corrected chi connectivity index (χ0v) is 22.5. The van der Waals surface area contributed by atoms with Crippen molar-refractivity contribution in [3.05, 3.63) is 71.9 Å². The van der Waals surface area contributed by atoms with Gasteiger partial charge in [0.15, 0.2) is 0 Å². The van der Waals surface area contributed by atoms with E-state index >= 15 is 0 Å². The van der Waals surface area contributed by atoms with Crippen LogP contribution in [0.15, 0.2) is 60.8 Å². The summed E-state index contributed by atoms with van der Waals surface area (Å²) in [5.74, 6) is 0.218. The van der Waals surface area contributed by atoms with Crippen LogP contribution >= 0.6 is 0 Å². The molecule has 1 fully saturated rings. The Kier molecular flexibility index (Phi) is 9.73. The number of carbonyl (C=O) groups excluding carboxylic acids is 1. The van der Waals surface area contributed by atoms with Crippen LogP contribution in [0.25, 0.3) is 11.1 Å². The summed E-state index contributed by atoms with van der Waals surface area (Å²) >= 11 is 0. The number of rotatable bonds is 5. The highest BCUT2D eigenvalue weighted by Crippen LogP contribution is 2.30. The van der Waals surface area contributed by atoms with Crippen LogP contribution < -0.4 is 15.0 Å². The second-order valence-corrected chi connectivity index (χ2v) is 9.92. The Morgan fingerprint density at radius 2 is 1.65 bits per heavy atom. The van der Waals surface area contributed by atoms with Crippen molar-refractivity contribution >= 4 is 27.8 Å². The average molecular weight is 584 g/mol. The van der Waals surface area contributed by atoms with Gasteiger partial charge in [0.2, 0.25) is 0 Å². The third kappa shape index (κ3) is 9.48. The van der Waals surface area contributed by atoms with Gasteiger partial charge in [0.05, 0.1) is 24.1 Å². The van der Waals surface area contributed by atoms with E-state index in [4.69, 9.17) is 22.3 Å². The maximum absolute atomic E-state index is 13.0. The average Bonchev–Trinajstić information content (AvgIpc) is 2.82. The molecule has 3 aromatic rings. The number of carbonyl (C=O) groups is 1. The van der Waals surface area contributed by atoms with Gasteiger partial charge in [-0.25, -0.2) is 4.98 Å². The molecule has 0 aliphatic carbocycles. The maximum atomic E-state index is 13.0. The summed E-state index contributed by atoms with van der Waals surface area (Å²) in [6.45, 7) is 7.35. The summed E-state index contributed by atoms with van der Waals surface area (Å²) in [6.07, 6.45) is -2.90. The Bertz CT molecular complexity index is 1400. The standard InChI is InChI=1S/C26H26F3N3O3.H2O4S/c1-16-14-32(15-17(2)34-16)24-12-9-20(13-30-24)31-25(33)23-6-4-5-22(18(23)3)19-7-10-21(11-8-19)35-26(27,28)29;1-5(2,3)4/h4-13,16-17H,14-15H2,1-3H3,(H,31,33);(H2,1,2,3,4)/t16-,17+;. The van der Waals surface area contributed by atoms with Crippen molar-refractivity contribution in [2.24, 2.45) is 0 Å². The van der Waals surface area contributed by atoms with Crippen molar-refractivity contribution in [1.29, 1.82) is 0 Å². The number of hydrogen-bond acceptors (Lipinski definition) is 7. The Morgan fingerprint density at radius 1 is 1.05 bits per heavy atom. The molecule has 0 radical (unpaired) electrons. The van der Waals surface area contributed by atoms with E-state index in [-0.39, 0.29) is 23.9 Å². The molecule has 1 aliphatic heterocycles. The molecule has 1 aromatic heterocycles. The zero-order valence-electron chi connectivity index (χ0n) is 21.7. The molecule has 1 aliphatic rings. The SMILES string of the molecule is Cc1c(C(=O)Nc2ccc(N3C[C@@H](C)O[C@@H](C)C3)nc2)cccc1-c1ccc(OC(F)(F)F)cc1.O=S(=O)(O)O. The lowest BCUT2D eigenvalue weighted by Gasteiger charge is -2.36. The molecule has 216 valence electrons. The molecule has 0 bridgehead atoms. The van der Waals surface area contributed by atoms with Crippen LogP contribution in [0.3, 0.4) is 0 Å². The van der Waals surface area contributed by atoms with Crippen molar-refractivity contribution in [2.45, 2.75) is 39.3 Å². The summed E-state index contributed by atoms with van der Waals surface area (Å²) in [5.41, 5.74) is 3.13. The van der Waals surface area contributed by atoms with Crippen LogP contribution in [0.5, 0.6) is 5.75 Å². The van der Waals surface area contributed by atoms with Crippen molar-refractivity contribution < 1.29 is 45.0 Å². The van der Waals surface area contributed by atoms with Gasteiger partial charge >= 0.3 is 16.8 Å². The molecule has 2 atom stereocenters. The number of morpholine rings is 1. The fourth-order valence-corrected chi connectivity index (χ4v) is 4.24. The molecule has 2 heterocycles. The monoisotopic (exact) mass is 583 g/mol. The normalized spacial score (nSPS) is 17.4. The highest BCUT2D eigenvalue weighted by atomic mass is 32.3. The summed E-state index contributed by atoms with van der Waals surface area (Å²) in [5, 5.41) is 2.87. The third-order valence-electron chi connectivity index (χ3n) is 5.73. The van der Waals surface area contributed by atoms with E-state index in [0.717, 1.165) is 24.5 Å². The van der Waals surface area contributed by atoms with E-state index in [1.54, 1.807) is 25.3 Å². The Balaban J connectivity index is 0.000000810. The molecular formula is C26H28F3N3O7S. The second kappa shape index (κ2) is 12.6. The Morgan fingerprint density at radius 3 is 2.17 bits per heavy atom. The number of anilines is 2. The number of pyridine rings is 1. The lowest BCUT2D eigenvalue weighted by Crippen LogP contribution is -2.45. The number of nitrogens with one attached hydrogen (secondary N) is 1. The molecule has 14 heteroatoms. The quantitative estimate of drug-likeness (QED) is 0.347. The number of ether oxygens (including phenoxy) is 2. The number of halogens is 3. The first-order valence-electron chi connectivity index (χ1n) is 11.9. The first kappa shape index (κ1) is 30.8. The minimum absolute atomic E-state index is 0.114. The molecule has 1 amide bonds. The van der Waals surface area contributed by atoms with Gasteiger partial charge in [-0.2, -0.15) is 8.42 Å². The fourth-order valence-electron chi connectivity index (χ4n) is 4.24. The first-order chi connectivity index (χ1) is 18.6. The number of aromatic nitrogens is 1. The predicted octanol–water partition coefficient (Wildman–Crippen LogP) is 5.17. The number of alkyl halides is 3. The fraction of sp³-hybridized carbons (Fsp3) is 0.308. The lowest BCUT2D eigenvalue weighted by molar-refractivity contribution is -0.274. The van der Waals surface area contributed by atoms with Crippen molar-refractivity contribution in [3.63, 3.8) is 0 Å². The van der Waals surface area contributed by atoms with E-state index in [2.05, 4.69) is 19.9 Å². The van der Waals surface area contributed by atoms with Crippen molar-refractivity contribution in [2.75, 3.05) is 23.3 Å². The van der Waals surface area contributed by atoms with Gasteiger partial charge in [-0.15, -0.1) is 13.2 Å². The van der Waals surface area contributed by atoms with Crippen LogP contribution in [0.2, 0.25) is 0 Å². The van der Waals surface area contributed by atoms with Crippen molar-refractivity contribution in [1.82, 2.24) is 4.98 Å². The van der Waals surface area contributed by atoms with Crippen LogP contribution in [-0.2, 0) is 15.1 Å². The van der Waals surface area contributed by atoms with Crippen LogP contribution in [0.4, 0.5) is 24.7 Å².